The second kappa shape index (κ2) is 5.85. The Kier molecular flexibility index (Phi) is 4.02. The molecule has 23 heavy (non-hydrogen) atoms. The summed E-state index contributed by atoms with van der Waals surface area (Å²) in [4.78, 5) is 27.9. The van der Waals surface area contributed by atoms with Gasteiger partial charge < -0.3 is 19.3 Å². The highest BCUT2D eigenvalue weighted by Crippen LogP contribution is 2.37. The van der Waals surface area contributed by atoms with Crippen molar-refractivity contribution in [1.82, 2.24) is 4.90 Å². The first-order chi connectivity index (χ1) is 10.9. The number of para-hydroxylation sites is 2. The number of carbonyl (C=O) groups is 2. The summed E-state index contributed by atoms with van der Waals surface area (Å²) >= 11 is 0. The molecule has 3 rings (SSSR count). The van der Waals surface area contributed by atoms with Crippen LogP contribution in [0.1, 0.15) is 20.8 Å². The van der Waals surface area contributed by atoms with Crippen molar-refractivity contribution in [3.8, 4) is 5.75 Å². The zero-order chi connectivity index (χ0) is 16.6. The zero-order valence-corrected chi connectivity index (χ0v) is 13.7. The number of fused-ring (bicyclic) bond motifs is 1. The number of hydrogen-bond acceptors (Lipinski definition) is 4. The molecule has 124 valence electrons. The van der Waals surface area contributed by atoms with Crippen molar-refractivity contribution in [3.05, 3.63) is 24.3 Å². The molecular weight excluding hydrogens is 296 g/mol. The number of morpholine rings is 1. The second-order valence-corrected chi connectivity index (χ2v) is 6.58. The van der Waals surface area contributed by atoms with Crippen molar-refractivity contribution in [3.63, 3.8) is 0 Å². The van der Waals surface area contributed by atoms with Crippen molar-refractivity contribution in [2.75, 3.05) is 31.1 Å². The fraction of sp³-hybridized carbons (Fsp3) is 0.529. The maximum atomic E-state index is 13.0. The summed E-state index contributed by atoms with van der Waals surface area (Å²) in [6, 6.07) is 7.50. The molecule has 1 aromatic carbocycles. The Morgan fingerprint density at radius 3 is 2.74 bits per heavy atom. The van der Waals surface area contributed by atoms with Gasteiger partial charge in [-0.05, 0) is 26.0 Å². The van der Waals surface area contributed by atoms with Crippen LogP contribution in [0.2, 0.25) is 0 Å². The molecule has 1 fully saturated rings. The molecule has 1 atom stereocenters. The number of carbonyl (C=O) groups excluding carboxylic acids is 2. The first-order valence-electron chi connectivity index (χ1n) is 7.84. The Hall–Kier alpha value is -2.08. The van der Waals surface area contributed by atoms with Crippen LogP contribution in [0.5, 0.6) is 5.75 Å². The maximum Gasteiger partial charge on any atom is 0.258 e. The Balaban J connectivity index is 1.85. The number of anilines is 1. The zero-order valence-electron chi connectivity index (χ0n) is 13.7. The predicted octanol–water partition coefficient (Wildman–Crippen LogP) is 1.44. The molecule has 2 aliphatic rings. The highest BCUT2D eigenvalue weighted by Gasteiger charge is 2.39. The van der Waals surface area contributed by atoms with Crippen molar-refractivity contribution >= 4 is 17.5 Å². The summed E-state index contributed by atoms with van der Waals surface area (Å²) in [5.74, 6) is 0.532. The van der Waals surface area contributed by atoms with E-state index in [1.807, 2.05) is 38.1 Å². The van der Waals surface area contributed by atoms with Gasteiger partial charge in [0.25, 0.3) is 5.91 Å². The van der Waals surface area contributed by atoms with Crippen LogP contribution in [-0.2, 0) is 14.3 Å². The van der Waals surface area contributed by atoms with Crippen molar-refractivity contribution < 1.29 is 19.1 Å². The quantitative estimate of drug-likeness (QED) is 0.786. The smallest absolute Gasteiger partial charge is 0.258 e. The molecule has 0 bridgehead atoms. The fourth-order valence-corrected chi connectivity index (χ4v) is 3.02. The van der Waals surface area contributed by atoms with Gasteiger partial charge in [-0.25, -0.2) is 0 Å². The first-order valence-corrected chi connectivity index (χ1v) is 7.84. The lowest BCUT2D eigenvalue weighted by molar-refractivity contribution is -0.144. The SMILES string of the molecule is CC(=O)N1CCOC(C(=O)N2CC(C)(C)Oc3ccccc32)C1. The van der Waals surface area contributed by atoms with E-state index in [9.17, 15) is 9.59 Å². The molecule has 1 aromatic rings. The van der Waals surface area contributed by atoms with Crippen molar-refractivity contribution in [2.45, 2.75) is 32.5 Å². The van der Waals surface area contributed by atoms with Crippen molar-refractivity contribution in [1.29, 1.82) is 0 Å². The van der Waals surface area contributed by atoms with Crippen LogP contribution in [0, 0.1) is 0 Å². The summed E-state index contributed by atoms with van der Waals surface area (Å²) in [5, 5.41) is 0. The molecule has 0 saturated carbocycles. The van der Waals surface area contributed by atoms with Crippen LogP contribution in [0.3, 0.4) is 0 Å². The average Bonchev–Trinajstić information content (AvgIpc) is 2.52. The van der Waals surface area contributed by atoms with E-state index in [1.165, 1.54) is 6.92 Å². The van der Waals surface area contributed by atoms with E-state index < -0.39 is 11.7 Å². The molecule has 0 aromatic heterocycles. The molecule has 2 amide bonds. The monoisotopic (exact) mass is 318 g/mol. The van der Waals surface area contributed by atoms with Crippen molar-refractivity contribution in [2.24, 2.45) is 0 Å². The van der Waals surface area contributed by atoms with E-state index in [4.69, 9.17) is 9.47 Å². The number of hydrogen-bond donors (Lipinski definition) is 0. The maximum absolute atomic E-state index is 13.0. The minimum Gasteiger partial charge on any atom is -0.484 e. The van der Waals surface area contributed by atoms with Gasteiger partial charge in [0.1, 0.15) is 11.4 Å². The van der Waals surface area contributed by atoms with E-state index >= 15 is 0 Å². The topological polar surface area (TPSA) is 59.1 Å². The van der Waals surface area contributed by atoms with Gasteiger partial charge in [-0.3, -0.25) is 9.59 Å². The summed E-state index contributed by atoms with van der Waals surface area (Å²) in [7, 11) is 0. The van der Waals surface area contributed by atoms with Crippen LogP contribution in [0.25, 0.3) is 0 Å². The van der Waals surface area contributed by atoms with Gasteiger partial charge >= 0.3 is 0 Å². The molecule has 1 unspecified atom stereocenters. The lowest BCUT2D eigenvalue weighted by atomic mass is 10.0. The van der Waals surface area contributed by atoms with Gasteiger partial charge in [0, 0.05) is 13.5 Å². The second-order valence-electron chi connectivity index (χ2n) is 6.58. The van der Waals surface area contributed by atoms with Gasteiger partial charge in [-0.2, -0.15) is 0 Å². The Morgan fingerprint density at radius 2 is 2.00 bits per heavy atom. The van der Waals surface area contributed by atoms with Crippen LogP contribution in [0.15, 0.2) is 24.3 Å². The fourth-order valence-electron chi connectivity index (χ4n) is 3.02. The molecule has 2 heterocycles. The summed E-state index contributed by atoms with van der Waals surface area (Å²) < 4.78 is 11.6. The molecule has 0 radical (unpaired) electrons. The highest BCUT2D eigenvalue weighted by atomic mass is 16.5. The molecule has 0 N–H and O–H groups in total. The standard InChI is InChI=1S/C17H22N2O4/c1-12(20)18-8-9-22-15(10-18)16(21)19-11-17(2,3)23-14-7-5-4-6-13(14)19/h4-7,15H,8-11H2,1-3H3. The number of nitrogens with zero attached hydrogens (tertiary/aromatic N) is 2. The van der Waals surface area contributed by atoms with Crippen LogP contribution in [-0.4, -0.2) is 54.7 Å². The third-order valence-electron chi connectivity index (χ3n) is 4.13. The third-order valence-corrected chi connectivity index (χ3v) is 4.13. The molecule has 0 aliphatic carbocycles. The van der Waals surface area contributed by atoms with E-state index in [-0.39, 0.29) is 11.8 Å². The molecule has 2 aliphatic heterocycles. The number of benzene rings is 1. The number of rotatable bonds is 1. The van der Waals surface area contributed by atoms with Crippen LogP contribution >= 0.6 is 0 Å². The largest absolute Gasteiger partial charge is 0.484 e. The Morgan fingerprint density at radius 1 is 1.26 bits per heavy atom. The summed E-state index contributed by atoms with van der Waals surface area (Å²) in [6.07, 6.45) is -0.630. The van der Waals surface area contributed by atoms with Gasteiger partial charge in [0.05, 0.1) is 25.4 Å². The molecule has 6 heteroatoms. The van der Waals surface area contributed by atoms with Crippen LogP contribution < -0.4 is 9.64 Å². The van der Waals surface area contributed by atoms with Gasteiger partial charge in [-0.15, -0.1) is 0 Å². The Bertz CT molecular complexity index is 629. The normalized spacial score (nSPS) is 23.0. The van der Waals surface area contributed by atoms with Gasteiger partial charge in [-0.1, -0.05) is 12.1 Å². The molecule has 0 spiro atoms. The minimum absolute atomic E-state index is 0.0335. The molecule has 1 saturated heterocycles. The lowest BCUT2D eigenvalue weighted by Crippen LogP contribution is -2.56. The highest BCUT2D eigenvalue weighted by molar-refractivity contribution is 5.99. The number of ether oxygens (including phenoxy) is 2. The van der Waals surface area contributed by atoms with E-state index in [0.29, 0.717) is 32.0 Å². The third kappa shape index (κ3) is 3.17. The van der Waals surface area contributed by atoms with E-state index in [1.54, 1.807) is 9.80 Å². The predicted molar refractivity (Wildman–Crippen MR) is 85.5 cm³/mol. The molecule has 6 nitrogen and oxygen atoms in total. The molecular formula is C17H22N2O4. The average molecular weight is 318 g/mol. The number of amides is 2. The lowest BCUT2D eigenvalue weighted by Gasteiger charge is -2.42. The minimum atomic E-state index is -0.630. The van der Waals surface area contributed by atoms with E-state index in [0.717, 1.165) is 5.69 Å². The summed E-state index contributed by atoms with van der Waals surface area (Å²) in [6.45, 7) is 7.08. The van der Waals surface area contributed by atoms with Crippen LogP contribution in [0.4, 0.5) is 5.69 Å². The van der Waals surface area contributed by atoms with Gasteiger partial charge in [0.15, 0.2) is 6.10 Å². The first kappa shape index (κ1) is 15.8. The van der Waals surface area contributed by atoms with E-state index in [2.05, 4.69) is 0 Å². The van der Waals surface area contributed by atoms with Gasteiger partial charge in [0.2, 0.25) is 5.91 Å². The summed E-state index contributed by atoms with van der Waals surface area (Å²) in [5.41, 5.74) is 0.277. The Labute approximate surface area is 136 Å².